The number of hydrogen-bond acceptors (Lipinski definition) is 5. The molecule has 0 aliphatic carbocycles. The number of aromatic nitrogens is 4. The van der Waals surface area contributed by atoms with E-state index in [-0.39, 0.29) is 17.7 Å². The number of amides is 1. The fourth-order valence-corrected chi connectivity index (χ4v) is 3.07. The summed E-state index contributed by atoms with van der Waals surface area (Å²) >= 11 is 0. The van der Waals surface area contributed by atoms with Crippen LogP contribution >= 0.6 is 0 Å². The second kappa shape index (κ2) is 5.78. The van der Waals surface area contributed by atoms with E-state index >= 15 is 0 Å². The van der Waals surface area contributed by atoms with Crippen molar-refractivity contribution in [3.63, 3.8) is 0 Å². The van der Waals surface area contributed by atoms with Crippen LogP contribution < -0.4 is 26.8 Å². The predicted molar refractivity (Wildman–Crippen MR) is 88.2 cm³/mol. The largest absolute Gasteiger partial charge is 0.368 e. The number of imidazole rings is 1. The van der Waals surface area contributed by atoms with E-state index in [1.165, 1.54) is 21.1 Å². The number of piperazine rings is 1. The molecule has 3 heterocycles. The number of nitrogens with zero attached hydrogens (tertiary/aromatic N) is 5. The molecule has 3 N–H and O–H groups in total. The van der Waals surface area contributed by atoms with Crippen LogP contribution in [0.15, 0.2) is 9.59 Å². The van der Waals surface area contributed by atoms with Crippen LogP contribution in [0.2, 0.25) is 0 Å². The van der Waals surface area contributed by atoms with Gasteiger partial charge in [-0.15, -0.1) is 0 Å². The lowest BCUT2D eigenvalue weighted by Crippen LogP contribution is -3.12. The minimum atomic E-state index is -0.564. The van der Waals surface area contributed by atoms with Gasteiger partial charge in [0.15, 0.2) is 11.2 Å². The normalized spacial score (nSPS) is 16.0. The van der Waals surface area contributed by atoms with Crippen molar-refractivity contribution in [1.82, 2.24) is 18.7 Å². The molecule has 0 radical (unpaired) electrons. The average molecular weight is 336 g/mol. The zero-order chi connectivity index (χ0) is 17.6. The predicted octanol–water partition coefficient (Wildman–Crippen LogP) is -3.75. The molecule has 1 amide bonds. The standard InChI is InChI=1S/C14H21N7O3/c1-17-4-6-20(7-5-17)13-16-11-10(21(13)8-9(15)22)12(23)19(3)14(24)18(11)2/h4-8H2,1-3H3,(H2,15,22)/p+1. The van der Waals surface area contributed by atoms with Crippen molar-refractivity contribution in [2.45, 2.75) is 6.54 Å². The van der Waals surface area contributed by atoms with E-state index in [0.29, 0.717) is 5.95 Å². The Balaban J connectivity index is 2.27. The number of quaternary nitrogens is 1. The van der Waals surface area contributed by atoms with Crippen LogP contribution in [0, 0.1) is 0 Å². The molecule has 3 rings (SSSR count). The molecule has 2 aromatic rings. The maximum absolute atomic E-state index is 12.6. The molecule has 0 atom stereocenters. The van der Waals surface area contributed by atoms with Gasteiger partial charge in [0.1, 0.15) is 6.54 Å². The van der Waals surface area contributed by atoms with Gasteiger partial charge in [-0.05, 0) is 0 Å². The average Bonchev–Trinajstić information content (AvgIpc) is 2.90. The molecule has 1 fully saturated rings. The van der Waals surface area contributed by atoms with Crippen molar-refractivity contribution in [2.24, 2.45) is 19.8 Å². The first-order valence-corrected chi connectivity index (χ1v) is 7.82. The summed E-state index contributed by atoms with van der Waals surface area (Å²) in [6, 6.07) is 0. The summed E-state index contributed by atoms with van der Waals surface area (Å²) < 4.78 is 3.86. The van der Waals surface area contributed by atoms with E-state index in [1.807, 2.05) is 4.90 Å². The Morgan fingerprint density at radius 1 is 1.21 bits per heavy atom. The third-order valence-corrected chi connectivity index (χ3v) is 4.54. The van der Waals surface area contributed by atoms with Crippen LogP contribution in [-0.2, 0) is 25.4 Å². The summed E-state index contributed by atoms with van der Waals surface area (Å²) in [4.78, 5) is 44.2. The van der Waals surface area contributed by atoms with Gasteiger partial charge in [0.2, 0.25) is 11.9 Å². The number of hydrogen-bond donors (Lipinski definition) is 2. The lowest BCUT2D eigenvalue weighted by atomic mass is 10.3. The van der Waals surface area contributed by atoms with Crippen LogP contribution in [0.4, 0.5) is 5.95 Å². The van der Waals surface area contributed by atoms with Gasteiger partial charge < -0.3 is 15.5 Å². The maximum atomic E-state index is 12.6. The number of fused-ring (bicyclic) bond motifs is 1. The van der Waals surface area contributed by atoms with Gasteiger partial charge in [0.25, 0.3) is 5.56 Å². The zero-order valence-electron chi connectivity index (χ0n) is 14.1. The van der Waals surface area contributed by atoms with Gasteiger partial charge in [0.05, 0.1) is 33.2 Å². The Bertz CT molecular complexity index is 915. The number of primary amides is 1. The van der Waals surface area contributed by atoms with Gasteiger partial charge in [0, 0.05) is 14.1 Å². The molecule has 1 aliphatic rings. The monoisotopic (exact) mass is 336 g/mol. The smallest absolute Gasteiger partial charge is 0.332 e. The molecule has 10 heteroatoms. The van der Waals surface area contributed by atoms with Crippen molar-refractivity contribution >= 4 is 23.0 Å². The highest BCUT2D eigenvalue weighted by Crippen LogP contribution is 2.19. The summed E-state index contributed by atoms with van der Waals surface area (Å²) in [5, 5.41) is 0. The molecule has 0 unspecified atom stereocenters. The van der Waals surface area contributed by atoms with E-state index in [0.717, 1.165) is 30.7 Å². The fraction of sp³-hybridized carbons (Fsp3) is 0.571. The first-order valence-electron chi connectivity index (χ1n) is 7.82. The molecule has 24 heavy (non-hydrogen) atoms. The minimum Gasteiger partial charge on any atom is -0.368 e. The SMILES string of the molecule is Cn1c(=O)c2c(nc(N3CC[NH+](C)CC3)n2CC(N)=O)n(C)c1=O. The van der Waals surface area contributed by atoms with Gasteiger partial charge in [-0.3, -0.25) is 23.3 Å². The highest BCUT2D eigenvalue weighted by Gasteiger charge is 2.26. The van der Waals surface area contributed by atoms with Crippen LogP contribution in [0.25, 0.3) is 11.2 Å². The van der Waals surface area contributed by atoms with Gasteiger partial charge >= 0.3 is 5.69 Å². The molecule has 1 aliphatic heterocycles. The number of aryl methyl sites for hydroxylation is 1. The molecular weight excluding hydrogens is 314 g/mol. The van der Waals surface area contributed by atoms with E-state index in [9.17, 15) is 14.4 Å². The number of nitrogens with one attached hydrogen (secondary N) is 1. The Hall–Kier alpha value is -2.62. The lowest BCUT2D eigenvalue weighted by molar-refractivity contribution is -0.880. The van der Waals surface area contributed by atoms with Gasteiger partial charge in [-0.2, -0.15) is 4.98 Å². The number of carbonyl (C=O) groups is 1. The molecule has 0 spiro atoms. The maximum Gasteiger partial charge on any atom is 0.332 e. The molecular formula is C14H22N7O3+. The second-order valence-electron chi connectivity index (χ2n) is 6.29. The number of rotatable bonds is 3. The molecule has 2 aromatic heterocycles. The van der Waals surface area contributed by atoms with Crippen molar-refractivity contribution in [3.8, 4) is 0 Å². The third kappa shape index (κ3) is 2.48. The third-order valence-electron chi connectivity index (χ3n) is 4.54. The first-order chi connectivity index (χ1) is 11.3. The molecule has 0 saturated carbocycles. The van der Waals surface area contributed by atoms with Crippen molar-refractivity contribution < 1.29 is 9.69 Å². The van der Waals surface area contributed by atoms with Crippen LogP contribution in [0.5, 0.6) is 0 Å². The number of carbonyl (C=O) groups excluding carboxylic acids is 1. The van der Waals surface area contributed by atoms with Gasteiger partial charge in [-0.25, -0.2) is 4.79 Å². The summed E-state index contributed by atoms with van der Waals surface area (Å²) in [7, 11) is 5.08. The van der Waals surface area contributed by atoms with E-state index in [4.69, 9.17) is 5.73 Å². The summed E-state index contributed by atoms with van der Waals surface area (Å²) in [5.41, 5.74) is 4.92. The summed E-state index contributed by atoms with van der Waals surface area (Å²) in [6.45, 7) is 3.20. The Labute approximate surface area is 137 Å². The molecule has 1 saturated heterocycles. The second-order valence-corrected chi connectivity index (χ2v) is 6.29. The number of anilines is 1. The number of likely N-dealkylation sites (N-methyl/N-ethyl adjacent to an activating group) is 1. The lowest BCUT2D eigenvalue weighted by Gasteiger charge is -2.30. The topological polar surface area (TPSA) is 113 Å². The quantitative estimate of drug-likeness (QED) is 0.598. The highest BCUT2D eigenvalue weighted by molar-refractivity contribution is 5.80. The molecule has 0 aromatic carbocycles. The fourth-order valence-electron chi connectivity index (χ4n) is 3.07. The van der Waals surface area contributed by atoms with Crippen LogP contribution in [0.3, 0.4) is 0 Å². The zero-order valence-corrected chi connectivity index (χ0v) is 14.1. The van der Waals surface area contributed by atoms with Crippen LogP contribution in [0.1, 0.15) is 0 Å². The summed E-state index contributed by atoms with van der Waals surface area (Å²) in [5.74, 6) is -0.0548. The van der Waals surface area contributed by atoms with E-state index in [1.54, 1.807) is 7.05 Å². The minimum absolute atomic E-state index is 0.154. The molecule has 0 bridgehead atoms. The first kappa shape index (κ1) is 16.2. The van der Waals surface area contributed by atoms with Gasteiger partial charge in [-0.1, -0.05) is 0 Å². The van der Waals surface area contributed by atoms with Crippen molar-refractivity contribution in [2.75, 3.05) is 38.1 Å². The highest BCUT2D eigenvalue weighted by atomic mass is 16.2. The Morgan fingerprint density at radius 2 is 1.83 bits per heavy atom. The number of nitrogens with two attached hydrogens (primary N) is 1. The van der Waals surface area contributed by atoms with Crippen LogP contribution in [-0.4, -0.2) is 57.8 Å². The van der Waals surface area contributed by atoms with Crippen molar-refractivity contribution in [1.29, 1.82) is 0 Å². The van der Waals surface area contributed by atoms with Crippen molar-refractivity contribution in [3.05, 3.63) is 20.8 Å². The van der Waals surface area contributed by atoms with E-state index in [2.05, 4.69) is 12.0 Å². The Kier molecular flexibility index (Phi) is 3.91. The summed E-state index contributed by atoms with van der Waals surface area (Å²) in [6.07, 6.45) is 0. The molecule has 130 valence electrons. The molecule has 10 nitrogen and oxygen atoms in total. The van der Waals surface area contributed by atoms with E-state index < -0.39 is 17.2 Å². The Morgan fingerprint density at radius 3 is 2.42 bits per heavy atom.